The second kappa shape index (κ2) is 6.97. The van der Waals surface area contributed by atoms with Crippen LogP contribution in [0.5, 0.6) is 0 Å². The molecule has 4 nitrogen and oxygen atoms in total. The molecule has 2 heterocycles. The van der Waals surface area contributed by atoms with Crippen LogP contribution < -0.4 is 0 Å². The minimum Gasteiger partial charge on any atom is -0.383 e. The number of fused-ring (bicyclic) bond motifs is 5. The number of rotatable bonds is 3. The second-order valence-corrected chi connectivity index (χ2v) is 8.10. The van der Waals surface area contributed by atoms with Crippen molar-refractivity contribution in [2.75, 3.05) is 14.1 Å². The van der Waals surface area contributed by atoms with Crippen molar-refractivity contribution in [2.45, 2.75) is 25.7 Å². The Morgan fingerprint density at radius 3 is 2.81 bits per heavy atom. The van der Waals surface area contributed by atoms with Gasteiger partial charge in [0.1, 0.15) is 17.0 Å². The van der Waals surface area contributed by atoms with E-state index in [1.807, 2.05) is 54.0 Å². The summed E-state index contributed by atoms with van der Waals surface area (Å²) >= 11 is 3.60. The first-order chi connectivity index (χ1) is 13.0. The number of imidazole rings is 1. The largest absolute Gasteiger partial charge is 0.383 e. The first-order valence-corrected chi connectivity index (χ1v) is 10.00. The number of carbonyl (C=O) groups is 1. The van der Waals surface area contributed by atoms with Crippen LogP contribution in [0.3, 0.4) is 0 Å². The predicted molar refractivity (Wildman–Crippen MR) is 112 cm³/mol. The van der Waals surface area contributed by atoms with Crippen molar-refractivity contribution >= 4 is 27.4 Å². The van der Waals surface area contributed by atoms with Gasteiger partial charge in [0.25, 0.3) is 0 Å². The number of pyridine rings is 1. The van der Waals surface area contributed by atoms with Crippen LogP contribution in [0.2, 0.25) is 0 Å². The Hall–Kier alpha value is -2.40. The quantitative estimate of drug-likeness (QED) is 0.537. The third-order valence-electron chi connectivity index (χ3n) is 5.00. The van der Waals surface area contributed by atoms with Crippen LogP contribution in [0, 0.1) is 0 Å². The van der Waals surface area contributed by atoms with E-state index >= 15 is 0 Å². The maximum atomic E-state index is 13.7. The molecule has 3 aromatic rings. The van der Waals surface area contributed by atoms with E-state index in [1.54, 1.807) is 0 Å². The number of nitrogens with zero attached hydrogens (tertiary/aromatic N) is 3. The van der Waals surface area contributed by atoms with Crippen LogP contribution in [0.4, 0.5) is 0 Å². The highest BCUT2D eigenvalue weighted by Gasteiger charge is 2.34. The van der Waals surface area contributed by atoms with Crippen LogP contribution in [-0.2, 0) is 0 Å². The molecule has 1 aliphatic rings. The molecule has 0 aliphatic heterocycles. The van der Waals surface area contributed by atoms with Gasteiger partial charge >= 0.3 is 0 Å². The first kappa shape index (κ1) is 18.0. The minimum absolute atomic E-state index is 0.0570. The van der Waals surface area contributed by atoms with Crippen molar-refractivity contribution in [2.24, 2.45) is 0 Å². The Morgan fingerprint density at radius 1 is 1.26 bits per heavy atom. The molecule has 1 atom stereocenters. The number of halogens is 1. The molecule has 1 aromatic carbocycles. The number of allylic oxidation sites excluding steroid dienone is 1. The van der Waals surface area contributed by atoms with E-state index in [-0.39, 0.29) is 11.7 Å². The van der Waals surface area contributed by atoms with Crippen molar-refractivity contribution in [1.29, 1.82) is 0 Å². The molecule has 0 bridgehead atoms. The van der Waals surface area contributed by atoms with Crippen molar-refractivity contribution in [3.8, 4) is 11.3 Å². The molecular formula is C22H22BrN3O. The molecule has 27 heavy (non-hydrogen) atoms. The van der Waals surface area contributed by atoms with Crippen molar-refractivity contribution < 1.29 is 4.79 Å². The maximum absolute atomic E-state index is 13.7. The minimum atomic E-state index is 0.0570. The summed E-state index contributed by atoms with van der Waals surface area (Å²) in [4.78, 5) is 20.5. The first-order valence-electron chi connectivity index (χ1n) is 9.21. The second-order valence-electron chi connectivity index (χ2n) is 7.19. The maximum Gasteiger partial charge on any atom is 0.210 e. The summed E-state index contributed by atoms with van der Waals surface area (Å²) in [7, 11) is 3.93. The van der Waals surface area contributed by atoms with Gasteiger partial charge in [0.2, 0.25) is 5.78 Å². The number of benzene rings is 1. The summed E-state index contributed by atoms with van der Waals surface area (Å²) in [6.45, 7) is 2.16. The van der Waals surface area contributed by atoms with Gasteiger partial charge in [0, 0.05) is 48.0 Å². The van der Waals surface area contributed by atoms with E-state index in [0.29, 0.717) is 5.69 Å². The summed E-state index contributed by atoms with van der Waals surface area (Å²) in [5, 5.41) is 0. The van der Waals surface area contributed by atoms with Crippen molar-refractivity contribution in [1.82, 2.24) is 14.3 Å². The third-order valence-corrected chi connectivity index (χ3v) is 5.50. The molecule has 0 radical (unpaired) electrons. The average molecular weight is 424 g/mol. The highest BCUT2D eigenvalue weighted by atomic mass is 79.9. The Kier molecular flexibility index (Phi) is 4.64. The van der Waals surface area contributed by atoms with Gasteiger partial charge in [0.15, 0.2) is 0 Å². The zero-order valence-corrected chi connectivity index (χ0v) is 17.3. The molecule has 0 spiro atoms. The number of hydrogen-bond donors (Lipinski definition) is 0. The Balaban J connectivity index is 2.11. The lowest BCUT2D eigenvalue weighted by Gasteiger charge is -2.21. The fraction of sp³-hybridized carbons (Fsp3) is 0.273. The fourth-order valence-corrected chi connectivity index (χ4v) is 4.29. The summed E-state index contributed by atoms with van der Waals surface area (Å²) in [5.41, 5.74) is 5.25. The molecule has 2 aromatic heterocycles. The Labute approximate surface area is 167 Å². The molecule has 0 amide bonds. The predicted octanol–water partition coefficient (Wildman–Crippen LogP) is 5.29. The summed E-state index contributed by atoms with van der Waals surface area (Å²) in [6, 6.07) is 12.1. The average Bonchev–Trinajstić information content (AvgIpc) is 3.00. The number of Topliss-reactive ketones (excluding diaryl/α,β-unsaturated/α-hetero) is 1. The van der Waals surface area contributed by atoms with Gasteiger partial charge < -0.3 is 4.90 Å². The molecule has 1 aliphatic carbocycles. The molecule has 1 unspecified atom stereocenters. The molecule has 0 saturated carbocycles. The van der Waals surface area contributed by atoms with Gasteiger partial charge in [-0.2, -0.15) is 0 Å². The third kappa shape index (κ3) is 3.00. The van der Waals surface area contributed by atoms with Gasteiger partial charge in [-0.3, -0.25) is 9.20 Å². The van der Waals surface area contributed by atoms with E-state index in [4.69, 9.17) is 4.98 Å². The summed E-state index contributed by atoms with van der Waals surface area (Å²) < 4.78 is 2.91. The number of carbonyl (C=O) groups excluding carboxylic acids is 1. The Bertz CT molecular complexity index is 1060. The highest BCUT2D eigenvalue weighted by Crippen LogP contribution is 2.43. The van der Waals surface area contributed by atoms with E-state index in [2.05, 4.69) is 41.1 Å². The lowest BCUT2D eigenvalue weighted by Crippen LogP contribution is -2.16. The van der Waals surface area contributed by atoms with E-state index in [9.17, 15) is 4.79 Å². The zero-order valence-electron chi connectivity index (χ0n) is 15.7. The Morgan fingerprint density at radius 2 is 2.07 bits per heavy atom. The number of hydrogen-bond acceptors (Lipinski definition) is 3. The smallest absolute Gasteiger partial charge is 0.210 e. The van der Waals surface area contributed by atoms with Gasteiger partial charge in [-0.05, 0) is 36.2 Å². The van der Waals surface area contributed by atoms with Crippen molar-refractivity contribution in [3.63, 3.8) is 0 Å². The lowest BCUT2D eigenvalue weighted by molar-refractivity contribution is 0.102. The van der Waals surface area contributed by atoms with Crippen LogP contribution in [0.25, 0.3) is 16.9 Å². The molecule has 5 heteroatoms. The normalized spacial score (nSPS) is 17.7. The molecule has 0 N–H and O–H groups in total. The van der Waals surface area contributed by atoms with Gasteiger partial charge in [0.05, 0.1) is 0 Å². The van der Waals surface area contributed by atoms with E-state index in [0.717, 1.165) is 39.8 Å². The fourth-order valence-electron chi connectivity index (χ4n) is 3.93. The van der Waals surface area contributed by atoms with Crippen molar-refractivity contribution in [3.05, 3.63) is 70.1 Å². The molecule has 0 saturated heterocycles. The van der Waals surface area contributed by atoms with Gasteiger partial charge in [-0.25, -0.2) is 4.98 Å². The molecule has 138 valence electrons. The van der Waals surface area contributed by atoms with Crippen LogP contribution in [-0.4, -0.2) is 34.2 Å². The van der Waals surface area contributed by atoms with Gasteiger partial charge in [-0.1, -0.05) is 41.4 Å². The number of aromatic nitrogens is 2. The lowest BCUT2D eigenvalue weighted by atomic mass is 9.85. The highest BCUT2D eigenvalue weighted by molar-refractivity contribution is 9.10. The molecular weight excluding hydrogens is 402 g/mol. The standard InChI is InChI=1S/C22H22BrN3O/c1-4-7-15-16-10-9-14(23)12-17(16)20-21(22(27)18(15)13-25(2)3)26-11-6-5-8-19(26)24-20/h5-6,8-13,15H,4,7H2,1-3H3. The topological polar surface area (TPSA) is 37.6 Å². The van der Waals surface area contributed by atoms with Crippen LogP contribution in [0.15, 0.2) is 58.8 Å². The van der Waals surface area contributed by atoms with Crippen LogP contribution >= 0.6 is 15.9 Å². The van der Waals surface area contributed by atoms with E-state index in [1.165, 1.54) is 5.56 Å². The zero-order chi connectivity index (χ0) is 19.1. The summed E-state index contributed by atoms with van der Waals surface area (Å²) in [6.07, 6.45) is 5.83. The van der Waals surface area contributed by atoms with E-state index < -0.39 is 0 Å². The SMILES string of the molecule is CCCC1C(=CN(C)C)C(=O)c2c(nc3ccccn23)-c2cc(Br)ccc21. The molecule has 0 fully saturated rings. The number of ketones is 1. The molecule has 4 rings (SSSR count). The monoisotopic (exact) mass is 423 g/mol. The summed E-state index contributed by atoms with van der Waals surface area (Å²) in [5.74, 6) is 0.115. The van der Waals surface area contributed by atoms with Crippen LogP contribution in [0.1, 0.15) is 41.7 Å². The van der Waals surface area contributed by atoms with Gasteiger partial charge in [-0.15, -0.1) is 0 Å².